The van der Waals surface area contributed by atoms with Crippen LogP contribution in [0.15, 0.2) is 18.2 Å². The van der Waals surface area contributed by atoms with Crippen molar-refractivity contribution in [2.75, 3.05) is 20.2 Å². The maximum atomic E-state index is 6.15. The van der Waals surface area contributed by atoms with Crippen molar-refractivity contribution < 1.29 is 4.74 Å². The molecule has 0 bridgehead atoms. The number of nitrogens with zero attached hydrogens (tertiary/aromatic N) is 1. The van der Waals surface area contributed by atoms with Gasteiger partial charge in [0.1, 0.15) is 5.75 Å². The van der Waals surface area contributed by atoms with Crippen LogP contribution in [0.1, 0.15) is 49.8 Å². The van der Waals surface area contributed by atoms with Crippen molar-refractivity contribution in [2.45, 2.75) is 51.1 Å². The maximum absolute atomic E-state index is 6.15. The molecule has 3 unspecified atom stereocenters. The SMILES string of the molecule is COc1ccc2c(c1)C(N1CCCC(C(C)N)C1)CCC2. The monoisotopic (exact) mass is 288 g/mol. The highest BCUT2D eigenvalue weighted by atomic mass is 16.5. The van der Waals surface area contributed by atoms with Crippen molar-refractivity contribution in [3.05, 3.63) is 29.3 Å². The van der Waals surface area contributed by atoms with Crippen molar-refractivity contribution in [1.82, 2.24) is 4.90 Å². The van der Waals surface area contributed by atoms with Crippen molar-refractivity contribution >= 4 is 0 Å². The van der Waals surface area contributed by atoms with Gasteiger partial charge in [0.2, 0.25) is 0 Å². The van der Waals surface area contributed by atoms with Crippen LogP contribution in [-0.4, -0.2) is 31.1 Å². The second-order valence-corrected chi connectivity index (χ2v) is 6.73. The first-order chi connectivity index (χ1) is 10.2. The number of nitrogens with two attached hydrogens (primary N) is 1. The zero-order valence-corrected chi connectivity index (χ0v) is 13.3. The Bertz CT molecular complexity index is 486. The molecule has 0 aromatic heterocycles. The summed E-state index contributed by atoms with van der Waals surface area (Å²) >= 11 is 0. The van der Waals surface area contributed by atoms with Gasteiger partial charge in [-0.1, -0.05) is 6.07 Å². The molecule has 0 amide bonds. The van der Waals surface area contributed by atoms with Crippen LogP contribution in [0.4, 0.5) is 0 Å². The molecule has 1 aromatic carbocycles. The minimum absolute atomic E-state index is 0.307. The number of hydrogen-bond donors (Lipinski definition) is 1. The number of aryl methyl sites for hydroxylation is 1. The van der Waals surface area contributed by atoms with Gasteiger partial charge in [0.05, 0.1) is 7.11 Å². The van der Waals surface area contributed by atoms with Gasteiger partial charge in [-0.2, -0.15) is 0 Å². The highest BCUT2D eigenvalue weighted by Gasteiger charge is 2.31. The lowest BCUT2D eigenvalue weighted by molar-refractivity contribution is 0.103. The second kappa shape index (κ2) is 6.37. The molecule has 21 heavy (non-hydrogen) atoms. The summed E-state index contributed by atoms with van der Waals surface area (Å²) in [5, 5.41) is 0. The summed E-state index contributed by atoms with van der Waals surface area (Å²) < 4.78 is 5.44. The van der Waals surface area contributed by atoms with E-state index in [0.29, 0.717) is 18.0 Å². The van der Waals surface area contributed by atoms with Crippen LogP contribution in [-0.2, 0) is 6.42 Å². The van der Waals surface area contributed by atoms with Gasteiger partial charge >= 0.3 is 0 Å². The van der Waals surface area contributed by atoms with E-state index in [-0.39, 0.29) is 0 Å². The largest absolute Gasteiger partial charge is 0.497 e. The summed E-state index contributed by atoms with van der Waals surface area (Å²) in [7, 11) is 1.76. The average Bonchev–Trinajstić information content (AvgIpc) is 2.53. The Morgan fingerprint density at radius 1 is 1.29 bits per heavy atom. The second-order valence-electron chi connectivity index (χ2n) is 6.73. The molecule has 3 atom stereocenters. The van der Waals surface area contributed by atoms with E-state index in [1.54, 1.807) is 7.11 Å². The molecule has 1 saturated heterocycles. The molecule has 2 aliphatic rings. The van der Waals surface area contributed by atoms with E-state index in [9.17, 15) is 0 Å². The first kappa shape index (κ1) is 14.9. The van der Waals surface area contributed by atoms with Gasteiger partial charge in [0, 0.05) is 18.6 Å². The normalized spacial score (nSPS) is 28.0. The van der Waals surface area contributed by atoms with Crippen LogP contribution in [0, 0.1) is 5.92 Å². The molecule has 0 radical (unpaired) electrons. The van der Waals surface area contributed by atoms with Gasteiger partial charge in [-0.15, -0.1) is 0 Å². The Hall–Kier alpha value is -1.06. The highest BCUT2D eigenvalue weighted by Crippen LogP contribution is 2.38. The molecule has 116 valence electrons. The number of benzene rings is 1. The number of hydrogen-bond acceptors (Lipinski definition) is 3. The number of fused-ring (bicyclic) bond motifs is 1. The van der Waals surface area contributed by atoms with E-state index in [1.807, 2.05) is 0 Å². The molecule has 3 nitrogen and oxygen atoms in total. The smallest absolute Gasteiger partial charge is 0.119 e. The first-order valence-corrected chi connectivity index (χ1v) is 8.35. The molecule has 3 heteroatoms. The van der Waals surface area contributed by atoms with Crippen LogP contribution < -0.4 is 10.5 Å². The summed E-state index contributed by atoms with van der Waals surface area (Å²) in [4.78, 5) is 2.68. The van der Waals surface area contributed by atoms with Crippen molar-refractivity contribution in [3.8, 4) is 5.75 Å². The van der Waals surface area contributed by atoms with Crippen LogP contribution in [0.3, 0.4) is 0 Å². The minimum atomic E-state index is 0.307. The molecule has 1 fully saturated rings. The Morgan fingerprint density at radius 3 is 2.90 bits per heavy atom. The van der Waals surface area contributed by atoms with Crippen LogP contribution >= 0.6 is 0 Å². The van der Waals surface area contributed by atoms with E-state index in [0.717, 1.165) is 12.3 Å². The zero-order valence-electron chi connectivity index (χ0n) is 13.3. The van der Waals surface area contributed by atoms with E-state index in [1.165, 1.54) is 49.8 Å². The standard InChI is InChI=1S/C18H28N2O/c1-13(19)15-6-4-10-20(12-15)18-7-3-5-14-8-9-16(21-2)11-17(14)18/h8-9,11,13,15,18H,3-7,10,12,19H2,1-2H3. The van der Waals surface area contributed by atoms with Gasteiger partial charge in [0.15, 0.2) is 0 Å². The zero-order chi connectivity index (χ0) is 14.8. The van der Waals surface area contributed by atoms with Crippen molar-refractivity contribution in [3.63, 3.8) is 0 Å². The predicted octanol–water partition coefficient (Wildman–Crippen LogP) is 3.13. The number of methoxy groups -OCH3 is 1. The van der Waals surface area contributed by atoms with Gasteiger partial charge in [-0.05, 0) is 74.8 Å². The molecule has 0 saturated carbocycles. The fourth-order valence-electron chi connectivity index (χ4n) is 4.01. The van der Waals surface area contributed by atoms with Crippen molar-refractivity contribution in [1.29, 1.82) is 0 Å². The quantitative estimate of drug-likeness (QED) is 0.928. The Kier molecular flexibility index (Phi) is 4.51. The predicted molar refractivity (Wildman–Crippen MR) is 86.6 cm³/mol. The number of likely N-dealkylation sites (tertiary alicyclic amines) is 1. The van der Waals surface area contributed by atoms with Gasteiger partial charge in [0.25, 0.3) is 0 Å². The highest BCUT2D eigenvalue weighted by molar-refractivity contribution is 5.39. The molecule has 3 rings (SSSR count). The molecule has 2 N–H and O–H groups in total. The topological polar surface area (TPSA) is 38.5 Å². The summed E-state index contributed by atoms with van der Waals surface area (Å²) in [6.45, 7) is 4.52. The lowest BCUT2D eigenvalue weighted by Gasteiger charge is -2.42. The van der Waals surface area contributed by atoms with E-state index in [4.69, 9.17) is 10.5 Å². The van der Waals surface area contributed by atoms with Crippen molar-refractivity contribution in [2.24, 2.45) is 11.7 Å². The third-order valence-corrected chi connectivity index (χ3v) is 5.31. The Labute approximate surface area is 128 Å². The summed E-state index contributed by atoms with van der Waals surface area (Å²) in [5.74, 6) is 1.64. The molecule has 1 heterocycles. The Morgan fingerprint density at radius 2 is 2.14 bits per heavy atom. The number of ether oxygens (including phenoxy) is 1. The maximum Gasteiger partial charge on any atom is 0.119 e. The number of piperidine rings is 1. The van der Waals surface area contributed by atoms with Gasteiger partial charge in [-0.3, -0.25) is 4.90 Å². The molecular formula is C18H28N2O. The fourth-order valence-corrected chi connectivity index (χ4v) is 4.01. The average molecular weight is 288 g/mol. The van der Waals surface area contributed by atoms with Gasteiger partial charge < -0.3 is 10.5 Å². The third kappa shape index (κ3) is 3.09. The lowest BCUT2D eigenvalue weighted by atomic mass is 9.84. The lowest BCUT2D eigenvalue weighted by Crippen LogP contribution is -2.44. The van der Waals surface area contributed by atoms with Crippen LogP contribution in [0.2, 0.25) is 0 Å². The summed E-state index contributed by atoms with van der Waals surface area (Å²) in [6.07, 6.45) is 6.34. The molecule has 1 aliphatic heterocycles. The van der Waals surface area contributed by atoms with Crippen LogP contribution in [0.5, 0.6) is 5.75 Å². The fraction of sp³-hybridized carbons (Fsp3) is 0.667. The molecular weight excluding hydrogens is 260 g/mol. The number of rotatable bonds is 3. The first-order valence-electron chi connectivity index (χ1n) is 8.35. The van der Waals surface area contributed by atoms with Gasteiger partial charge in [-0.25, -0.2) is 0 Å². The van der Waals surface area contributed by atoms with E-state index >= 15 is 0 Å². The van der Waals surface area contributed by atoms with E-state index < -0.39 is 0 Å². The Balaban J connectivity index is 1.83. The summed E-state index contributed by atoms with van der Waals surface area (Å²) in [5.41, 5.74) is 9.15. The summed E-state index contributed by atoms with van der Waals surface area (Å²) in [6, 6.07) is 7.48. The minimum Gasteiger partial charge on any atom is -0.497 e. The van der Waals surface area contributed by atoms with Crippen LogP contribution in [0.25, 0.3) is 0 Å². The molecule has 1 aliphatic carbocycles. The molecule has 0 spiro atoms. The third-order valence-electron chi connectivity index (χ3n) is 5.31. The molecule has 1 aromatic rings. The van der Waals surface area contributed by atoms with E-state index in [2.05, 4.69) is 30.0 Å².